The van der Waals surface area contributed by atoms with Gasteiger partial charge >= 0.3 is 12.2 Å². The van der Waals surface area contributed by atoms with E-state index in [1.807, 2.05) is 6.92 Å². The molecule has 2 amide bonds. The zero-order valence-corrected chi connectivity index (χ0v) is 11.8. The average molecular weight is 298 g/mol. The number of carbonyl (C=O) groups excluding carboxylic acids is 2. The smallest absolute Gasteiger partial charge is 0.405 e. The molecule has 2 atom stereocenters. The molecular formula is C14H19FN2O4. The highest BCUT2D eigenvalue weighted by atomic mass is 19.1. The van der Waals surface area contributed by atoms with Gasteiger partial charge in [0.15, 0.2) is 6.10 Å². The number of rotatable bonds is 7. The van der Waals surface area contributed by atoms with Crippen molar-refractivity contribution in [1.29, 1.82) is 0 Å². The number of primary amides is 2. The monoisotopic (exact) mass is 298 g/mol. The lowest BCUT2D eigenvalue weighted by Crippen LogP contribution is -2.33. The van der Waals surface area contributed by atoms with Gasteiger partial charge < -0.3 is 20.9 Å². The number of amides is 2. The highest BCUT2D eigenvalue weighted by Gasteiger charge is 2.31. The van der Waals surface area contributed by atoms with E-state index in [2.05, 4.69) is 0 Å². The summed E-state index contributed by atoms with van der Waals surface area (Å²) in [6.45, 7) is 1.94. The zero-order valence-electron chi connectivity index (χ0n) is 11.8. The Kier molecular flexibility index (Phi) is 6.45. The number of hydrogen-bond acceptors (Lipinski definition) is 4. The maximum absolute atomic E-state index is 13.9. The Balaban J connectivity index is 3.09. The normalized spacial score (nSPS) is 13.2. The molecule has 0 aliphatic carbocycles. The molecule has 0 saturated heterocycles. The first-order valence-electron chi connectivity index (χ1n) is 6.62. The molecule has 6 nitrogen and oxygen atoms in total. The van der Waals surface area contributed by atoms with Gasteiger partial charge in [0.1, 0.15) is 11.9 Å². The van der Waals surface area contributed by atoms with Crippen LogP contribution in [0.15, 0.2) is 24.3 Å². The molecule has 1 aromatic carbocycles. The van der Waals surface area contributed by atoms with Crippen LogP contribution in [0.2, 0.25) is 0 Å². The van der Waals surface area contributed by atoms with Gasteiger partial charge in [-0.1, -0.05) is 31.5 Å². The van der Waals surface area contributed by atoms with Crippen LogP contribution in [0.5, 0.6) is 0 Å². The third kappa shape index (κ3) is 5.29. The molecule has 0 heterocycles. The summed E-state index contributed by atoms with van der Waals surface area (Å²) in [6.07, 6.45) is -2.27. The fourth-order valence-corrected chi connectivity index (χ4v) is 2.00. The zero-order chi connectivity index (χ0) is 15.8. The second-order valence-corrected chi connectivity index (χ2v) is 4.50. The van der Waals surface area contributed by atoms with Gasteiger partial charge in [0, 0.05) is 5.56 Å². The van der Waals surface area contributed by atoms with Crippen LogP contribution in [0.4, 0.5) is 14.0 Å². The van der Waals surface area contributed by atoms with Gasteiger partial charge in [0.05, 0.1) is 0 Å². The maximum Gasteiger partial charge on any atom is 0.405 e. The summed E-state index contributed by atoms with van der Waals surface area (Å²) in [5.74, 6) is -0.585. The molecule has 1 rings (SSSR count). The highest BCUT2D eigenvalue weighted by molar-refractivity contribution is 5.66. The van der Waals surface area contributed by atoms with Crippen LogP contribution in [0, 0.1) is 5.82 Å². The number of ether oxygens (including phenoxy) is 2. The third-order valence-corrected chi connectivity index (χ3v) is 2.90. The van der Waals surface area contributed by atoms with E-state index in [0.29, 0.717) is 12.8 Å². The van der Waals surface area contributed by atoms with Crippen molar-refractivity contribution in [3.8, 4) is 0 Å². The lowest BCUT2D eigenvalue weighted by molar-refractivity contribution is -0.0112. The predicted octanol–water partition coefficient (Wildman–Crippen LogP) is 2.62. The van der Waals surface area contributed by atoms with E-state index in [1.165, 1.54) is 18.2 Å². The minimum Gasteiger partial charge on any atom is -0.442 e. The minimum atomic E-state index is -1.14. The average Bonchev–Trinajstić information content (AvgIpc) is 2.41. The van der Waals surface area contributed by atoms with Gasteiger partial charge in [-0.15, -0.1) is 0 Å². The van der Waals surface area contributed by atoms with Crippen molar-refractivity contribution in [2.45, 2.75) is 38.4 Å². The van der Waals surface area contributed by atoms with Gasteiger partial charge in [-0.05, 0) is 18.9 Å². The Morgan fingerprint density at radius 1 is 1.19 bits per heavy atom. The minimum absolute atomic E-state index is 0.0821. The van der Waals surface area contributed by atoms with Gasteiger partial charge in [0.25, 0.3) is 0 Å². The van der Waals surface area contributed by atoms with Crippen LogP contribution in [0.25, 0.3) is 0 Å². The van der Waals surface area contributed by atoms with E-state index in [0.717, 1.165) is 6.42 Å². The van der Waals surface area contributed by atoms with Gasteiger partial charge in [0.2, 0.25) is 0 Å². The summed E-state index contributed by atoms with van der Waals surface area (Å²) in [5, 5.41) is 0. The highest BCUT2D eigenvalue weighted by Crippen LogP contribution is 2.29. The summed E-state index contributed by atoms with van der Waals surface area (Å²) in [6, 6.07) is 5.73. The fourth-order valence-electron chi connectivity index (χ4n) is 2.00. The van der Waals surface area contributed by atoms with Crippen molar-refractivity contribution < 1.29 is 23.5 Å². The Morgan fingerprint density at radius 3 is 2.33 bits per heavy atom. The number of unbranched alkanes of at least 4 members (excludes halogenated alkanes) is 1. The maximum atomic E-state index is 13.9. The molecule has 0 radical (unpaired) electrons. The van der Waals surface area contributed by atoms with E-state index in [9.17, 15) is 14.0 Å². The van der Waals surface area contributed by atoms with Gasteiger partial charge in [-0.25, -0.2) is 14.0 Å². The SMILES string of the molecule is CCCCC(OC(N)=O)C(OC(N)=O)c1ccccc1F. The fraction of sp³-hybridized carbons (Fsp3) is 0.429. The molecule has 2 unspecified atom stereocenters. The molecule has 7 heteroatoms. The van der Waals surface area contributed by atoms with Crippen LogP contribution >= 0.6 is 0 Å². The van der Waals surface area contributed by atoms with Crippen LogP contribution < -0.4 is 11.5 Å². The molecule has 0 spiro atoms. The molecule has 0 saturated carbocycles. The summed E-state index contributed by atoms with van der Waals surface area (Å²) in [4.78, 5) is 22.1. The Morgan fingerprint density at radius 2 is 1.81 bits per heavy atom. The Bertz CT molecular complexity index is 496. The molecule has 116 valence electrons. The van der Waals surface area contributed by atoms with E-state index < -0.39 is 30.2 Å². The van der Waals surface area contributed by atoms with Crippen molar-refractivity contribution >= 4 is 12.2 Å². The van der Waals surface area contributed by atoms with Gasteiger partial charge in [-0.3, -0.25) is 0 Å². The molecular weight excluding hydrogens is 279 g/mol. The quantitative estimate of drug-likeness (QED) is 0.807. The van der Waals surface area contributed by atoms with Crippen molar-refractivity contribution in [3.05, 3.63) is 35.6 Å². The number of benzene rings is 1. The molecule has 0 aliphatic heterocycles. The van der Waals surface area contributed by atoms with Crippen molar-refractivity contribution in [2.75, 3.05) is 0 Å². The lowest BCUT2D eigenvalue weighted by Gasteiger charge is -2.26. The van der Waals surface area contributed by atoms with Crippen LogP contribution in [0.1, 0.15) is 37.9 Å². The van der Waals surface area contributed by atoms with E-state index in [4.69, 9.17) is 20.9 Å². The van der Waals surface area contributed by atoms with Crippen molar-refractivity contribution in [2.24, 2.45) is 11.5 Å². The first-order chi connectivity index (χ1) is 9.95. The molecule has 4 N–H and O–H groups in total. The summed E-state index contributed by atoms with van der Waals surface area (Å²) in [7, 11) is 0. The summed E-state index contributed by atoms with van der Waals surface area (Å²) in [5.41, 5.74) is 10.1. The molecule has 0 fully saturated rings. The summed E-state index contributed by atoms with van der Waals surface area (Å²) >= 11 is 0. The molecule has 21 heavy (non-hydrogen) atoms. The first kappa shape index (κ1) is 16.7. The summed E-state index contributed by atoms with van der Waals surface area (Å²) < 4.78 is 23.8. The van der Waals surface area contributed by atoms with E-state index in [-0.39, 0.29) is 5.56 Å². The number of nitrogens with two attached hydrogens (primary N) is 2. The second-order valence-electron chi connectivity index (χ2n) is 4.50. The van der Waals surface area contributed by atoms with E-state index in [1.54, 1.807) is 6.07 Å². The number of hydrogen-bond donors (Lipinski definition) is 2. The van der Waals surface area contributed by atoms with Crippen LogP contribution in [0.3, 0.4) is 0 Å². The van der Waals surface area contributed by atoms with Crippen LogP contribution in [-0.4, -0.2) is 18.3 Å². The molecule has 0 bridgehead atoms. The van der Waals surface area contributed by atoms with Crippen LogP contribution in [-0.2, 0) is 9.47 Å². The van der Waals surface area contributed by atoms with Gasteiger partial charge in [-0.2, -0.15) is 0 Å². The Hall–Kier alpha value is -2.31. The Labute approximate surface area is 122 Å². The number of halogens is 1. The lowest BCUT2D eigenvalue weighted by atomic mass is 9.99. The van der Waals surface area contributed by atoms with Crippen molar-refractivity contribution in [3.63, 3.8) is 0 Å². The molecule has 1 aromatic rings. The topological polar surface area (TPSA) is 105 Å². The third-order valence-electron chi connectivity index (χ3n) is 2.90. The van der Waals surface area contributed by atoms with E-state index >= 15 is 0 Å². The van der Waals surface area contributed by atoms with Crippen molar-refractivity contribution in [1.82, 2.24) is 0 Å². The standard InChI is InChI=1S/C14H19FN2O4/c1-2-3-8-11(20-13(16)18)12(21-14(17)19)9-6-4-5-7-10(9)15/h4-7,11-12H,2-3,8H2,1H3,(H2,16,18)(H2,17,19). The largest absolute Gasteiger partial charge is 0.442 e. The molecule has 0 aliphatic rings. The number of carbonyl (C=O) groups is 2. The molecule has 0 aromatic heterocycles. The first-order valence-corrected chi connectivity index (χ1v) is 6.62. The second kappa shape index (κ2) is 8.08. The predicted molar refractivity (Wildman–Crippen MR) is 73.8 cm³/mol.